The number of ether oxygens (including phenoxy) is 2. The van der Waals surface area contributed by atoms with E-state index < -0.39 is 18.0 Å². The van der Waals surface area contributed by atoms with Gasteiger partial charge in [-0.05, 0) is 31.3 Å². The summed E-state index contributed by atoms with van der Waals surface area (Å²) in [5, 5.41) is 10.1. The quantitative estimate of drug-likeness (QED) is 0.533. The number of cyclic esters (lactones) is 1. The van der Waals surface area contributed by atoms with Crippen LogP contribution >= 0.6 is 0 Å². The fourth-order valence-corrected chi connectivity index (χ4v) is 3.53. The maximum atomic E-state index is 12.4. The van der Waals surface area contributed by atoms with Crippen molar-refractivity contribution in [3.63, 3.8) is 0 Å². The number of aliphatic hydroxyl groups excluding tert-OH is 1. The molecule has 23 heavy (non-hydrogen) atoms. The van der Waals surface area contributed by atoms with E-state index in [2.05, 4.69) is 4.90 Å². The molecule has 3 aliphatic heterocycles. The summed E-state index contributed by atoms with van der Waals surface area (Å²) in [5.74, 6) is -1.38. The monoisotopic (exact) mass is 321 g/mol. The number of hydrogen-bond acceptors (Lipinski definition) is 6. The number of esters is 2. The number of hydrogen-bond donors (Lipinski definition) is 1. The van der Waals surface area contributed by atoms with Gasteiger partial charge in [0.25, 0.3) is 0 Å². The molecule has 6 heteroatoms. The molecule has 0 amide bonds. The van der Waals surface area contributed by atoms with Crippen molar-refractivity contribution in [1.29, 1.82) is 0 Å². The Morgan fingerprint density at radius 1 is 1.30 bits per heavy atom. The summed E-state index contributed by atoms with van der Waals surface area (Å²) in [6.45, 7) is 5.38. The first-order valence-corrected chi connectivity index (χ1v) is 8.19. The van der Waals surface area contributed by atoms with Crippen molar-refractivity contribution in [2.45, 2.75) is 45.3 Å². The van der Waals surface area contributed by atoms with Gasteiger partial charge in [0, 0.05) is 25.1 Å². The van der Waals surface area contributed by atoms with Gasteiger partial charge in [0.05, 0.1) is 5.70 Å². The summed E-state index contributed by atoms with van der Waals surface area (Å²) < 4.78 is 11.0. The van der Waals surface area contributed by atoms with Gasteiger partial charge in [-0.15, -0.1) is 0 Å². The molecule has 1 N–H and O–H groups in total. The molecule has 1 fully saturated rings. The smallest absolute Gasteiger partial charge is 0.335 e. The number of aliphatic hydroxyl groups is 1. The lowest BCUT2D eigenvalue weighted by molar-refractivity contribution is -0.156. The van der Waals surface area contributed by atoms with Gasteiger partial charge in [0.15, 0.2) is 6.10 Å². The van der Waals surface area contributed by atoms with Gasteiger partial charge >= 0.3 is 11.9 Å². The number of carbonyl (C=O) groups excluding carboxylic acids is 2. The molecule has 126 valence electrons. The Bertz CT molecular complexity index is 580. The molecular weight excluding hydrogens is 298 g/mol. The van der Waals surface area contributed by atoms with Crippen LogP contribution < -0.4 is 0 Å². The SMILES string of the molecule is C/C=C1\C[C@@H](C)[C@H](O)C(=O)OCC2=C3[C@@H](CCN3CC2)OC1=O. The van der Waals surface area contributed by atoms with E-state index in [1.165, 1.54) is 0 Å². The van der Waals surface area contributed by atoms with E-state index >= 15 is 0 Å². The van der Waals surface area contributed by atoms with Crippen LogP contribution in [0.5, 0.6) is 0 Å². The Morgan fingerprint density at radius 2 is 2.09 bits per heavy atom. The molecule has 0 aromatic carbocycles. The fraction of sp³-hybridized carbons (Fsp3) is 0.647. The predicted octanol–water partition coefficient (Wildman–Crippen LogP) is 1.15. The summed E-state index contributed by atoms with van der Waals surface area (Å²) >= 11 is 0. The van der Waals surface area contributed by atoms with Crippen LogP contribution in [0.4, 0.5) is 0 Å². The van der Waals surface area contributed by atoms with Gasteiger partial charge in [-0.1, -0.05) is 13.0 Å². The van der Waals surface area contributed by atoms with E-state index in [4.69, 9.17) is 9.47 Å². The second-order valence-corrected chi connectivity index (χ2v) is 6.46. The zero-order valence-corrected chi connectivity index (χ0v) is 13.6. The van der Waals surface area contributed by atoms with Crippen molar-refractivity contribution in [3.8, 4) is 0 Å². The fourth-order valence-electron chi connectivity index (χ4n) is 3.53. The van der Waals surface area contributed by atoms with E-state index in [1.807, 2.05) is 0 Å². The molecule has 0 aromatic rings. The lowest BCUT2D eigenvalue weighted by atomic mass is 9.95. The summed E-state index contributed by atoms with van der Waals surface area (Å²) in [4.78, 5) is 26.7. The molecule has 0 saturated carbocycles. The summed E-state index contributed by atoms with van der Waals surface area (Å²) in [6, 6.07) is 0. The highest BCUT2D eigenvalue weighted by atomic mass is 16.6. The molecule has 0 unspecified atom stereocenters. The molecular formula is C17H23NO5. The first-order chi connectivity index (χ1) is 11.0. The maximum Gasteiger partial charge on any atom is 0.335 e. The van der Waals surface area contributed by atoms with Crippen molar-refractivity contribution < 1.29 is 24.2 Å². The van der Waals surface area contributed by atoms with Gasteiger partial charge in [-0.3, -0.25) is 0 Å². The van der Waals surface area contributed by atoms with Crippen molar-refractivity contribution in [1.82, 2.24) is 4.90 Å². The topological polar surface area (TPSA) is 76.1 Å². The lowest BCUT2D eigenvalue weighted by Gasteiger charge is -2.23. The third-order valence-electron chi connectivity index (χ3n) is 4.92. The van der Waals surface area contributed by atoms with Crippen molar-refractivity contribution in [3.05, 3.63) is 22.9 Å². The highest BCUT2D eigenvalue weighted by Gasteiger charge is 2.38. The van der Waals surface area contributed by atoms with Crippen molar-refractivity contribution >= 4 is 11.9 Å². The minimum atomic E-state index is -1.24. The first kappa shape index (κ1) is 16.1. The van der Waals surface area contributed by atoms with E-state index in [9.17, 15) is 14.7 Å². The molecule has 3 aliphatic rings. The van der Waals surface area contributed by atoms with Gasteiger partial charge in [0.2, 0.25) is 0 Å². The van der Waals surface area contributed by atoms with Gasteiger partial charge in [-0.2, -0.15) is 0 Å². The van der Waals surface area contributed by atoms with Crippen LogP contribution in [0.2, 0.25) is 0 Å². The number of carbonyl (C=O) groups is 2. The molecule has 0 aromatic heterocycles. The van der Waals surface area contributed by atoms with Crippen LogP contribution in [0.15, 0.2) is 22.9 Å². The Hall–Kier alpha value is -1.82. The molecule has 0 radical (unpaired) electrons. The largest absolute Gasteiger partial charge is 0.459 e. The van der Waals surface area contributed by atoms with Crippen LogP contribution in [0.1, 0.15) is 33.1 Å². The molecule has 6 nitrogen and oxygen atoms in total. The molecule has 0 spiro atoms. The molecule has 3 rings (SSSR count). The minimum Gasteiger partial charge on any atom is -0.459 e. The van der Waals surface area contributed by atoms with Gasteiger partial charge in [-0.25, -0.2) is 9.59 Å². The Balaban J connectivity index is 1.91. The highest BCUT2D eigenvalue weighted by molar-refractivity contribution is 5.89. The van der Waals surface area contributed by atoms with Crippen LogP contribution in [0.3, 0.4) is 0 Å². The lowest BCUT2D eigenvalue weighted by Crippen LogP contribution is -2.32. The second-order valence-electron chi connectivity index (χ2n) is 6.46. The third kappa shape index (κ3) is 3.00. The second kappa shape index (κ2) is 6.35. The van der Waals surface area contributed by atoms with Crippen LogP contribution in [0, 0.1) is 5.92 Å². The van der Waals surface area contributed by atoms with Crippen molar-refractivity contribution in [2.75, 3.05) is 19.7 Å². The third-order valence-corrected chi connectivity index (χ3v) is 4.92. The summed E-state index contributed by atoms with van der Waals surface area (Å²) in [5.41, 5.74) is 2.48. The number of allylic oxidation sites excluding steroid dienone is 1. The maximum absolute atomic E-state index is 12.4. The average Bonchev–Trinajstić information content (AvgIpc) is 3.11. The first-order valence-electron chi connectivity index (χ1n) is 8.19. The molecule has 3 atom stereocenters. The Morgan fingerprint density at radius 3 is 2.83 bits per heavy atom. The van der Waals surface area contributed by atoms with Gasteiger partial charge < -0.3 is 19.5 Å². The van der Waals surface area contributed by atoms with E-state index in [0.717, 1.165) is 37.2 Å². The van der Waals surface area contributed by atoms with Crippen LogP contribution in [-0.2, 0) is 19.1 Å². The normalized spacial score (nSPS) is 34.0. The number of nitrogens with zero attached hydrogens (tertiary/aromatic N) is 1. The molecule has 1 saturated heterocycles. The number of rotatable bonds is 0. The Kier molecular flexibility index (Phi) is 4.43. The van der Waals surface area contributed by atoms with Crippen LogP contribution in [0.25, 0.3) is 0 Å². The highest BCUT2D eigenvalue weighted by Crippen LogP contribution is 2.35. The van der Waals surface area contributed by atoms with E-state index in [-0.39, 0.29) is 25.1 Å². The van der Waals surface area contributed by atoms with Crippen LogP contribution in [-0.4, -0.2) is 53.8 Å². The average molecular weight is 321 g/mol. The van der Waals surface area contributed by atoms with Gasteiger partial charge in [0.1, 0.15) is 12.7 Å². The predicted molar refractivity (Wildman–Crippen MR) is 82.2 cm³/mol. The summed E-state index contributed by atoms with van der Waals surface area (Å²) in [6.07, 6.45) is 2.06. The molecule has 3 heterocycles. The molecule has 0 aliphatic carbocycles. The standard InChI is InChI=1S/C17H23NO5/c1-3-11-8-10(2)15(19)17(21)22-9-12-4-6-18-7-5-13(14(12)18)23-16(11)20/h3,10,13,15,19H,4-9H2,1-2H3/b11-3+/t10-,13-,15+/m1/s1. The minimum absolute atomic E-state index is 0.166. The zero-order valence-electron chi connectivity index (χ0n) is 13.6. The molecule has 0 bridgehead atoms. The zero-order chi connectivity index (χ0) is 16.6. The Labute approximate surface area is 135 Å². The van der Waals surface area contributed by atoms with E-state index in [0.29, 0.717) is 5.57 Å². The van der Waals surface area contributed by atoms with Crippen molar-refractivity contribution in [2.24, 2.45) is 5.92 Å². The van der Waals surface area contributed by atoms with E-state index in [1.54, 1.807) is 19.9 Å². The summed E-state index contributed by atoms with van der Waals surface area (Å²) in [7, 11) is 0.